The van der Waals surface area contributed by atoms with E-state index in [-0.39, 0.29) is 5.92 Å². The lowest BCUT2D eigenvalue weighted by molar-refractivity contribution is 0.570. The van der Waals surface area contributed by atoms with Crippen LogP contribution in [0.5, 0.6) is 0 Å². The van der Waals surface area contributed by atoms with Crippen LogP contribution >= 0.6 is 14.3 Å². The molecule has 1 unspecified atom stereocenters. The molecule has 0 spiro atoms. The van der Waals surface area contributed by atoms with Gasteiger partial charge < -0.3 is 9.13 Å². The monoisotopic (exact) mass is 518 g/mol. The zero-order valence-electron chi connectivity index (χ0n) is 20.4. The molecular formula is C33H28O2P2. The van der Waals surface area contributed by atoms with Crippen LogP contribution in [0.15, 0.2) is 152 Å². The first-order valence-electron chi connectivity index (χ1n) is 12.6. The summed E-state index contributed by atoms with van der Waals surface area (Å²) >= 11 is 0. The fourth-order valence-electron chi connectivity index (χ4n) is 5.95. The van der Waals surface area contributed by atoms with Crippen LogP contribution in [0.1, 0.15) is 17.9 Å². The Morgan fingerprint density at radius 3 is 1.00 bits per heavy atom. The van der Waals surface area contributed by atoms with Crippen LogP contribution in [-0.4, -0.2) is 4.90 Å². The van der Waals surface area contributed by atoms with Crippen molar-refractivity contribution in [2.24, 2.45) is 0 Å². The molecule has 0 N–H and O–H groups in total. The molecule has 182 valence electrons. The molecule has 1 saturated carbocycles. The normalized spacial score (nSPS) is 16.7. The van der Waals surface area contributed by atoms with Gasteiger partial charge in [-0.05, 0) is 12.0 Å². The first-order chi connectivity index (χ1) is 18.1. The van der Waals surface area contributed by atoms with E-state index in [1.165, 1.54) is 0 Å². The quantitative estimate of drug-likeness (QED) is 0.220. The predicted octanol–water partition coefficient (Wildman–Crippen LogP) is 6.90. The van der Waals surface area contributed by atoms with Gasteiger partial charge >= 0.3 is 0 Å². The number of benzene rings is 5. The number of hydrogen-bond acceptors (Lipinski definition) is 2. The van der Waals surface area contributed by atoms with E-state index in [1.54, 1.807) is 0 Å². The Hall–Kier alpha value is -3.44. The summed E-state index contributed by atoms with van der Waals surface area (Å²) < 4.78 is 32.2. The lowest BCUT2D eigenvalue weighted by Crippen LogP contribution is -2.35. The van der Waals surface area contributed by atoms with Gasteiger partial charge in [0.05, 0.1) is 4.90 Å². The minimum atomic E-state index is -3.45. The molecule has 1 aliphatic carbocycles. The molecule has 6 rings (SSSR count). The lowest BCUT2D eigenvalue weighted by Gasteiger charge is -2.37. The standard InChI is InChI=1S/C33H28O2P2/c34-36(28-18-8-2-9-19-28,29-20-10-3-11-21-29)33(26-32(33)27-16-6-1-7-17-27)37(35,30-22-12-4-13-23-30)31-24-14-5-15-25-31/h1-25,32H,26H2. The van der Waals surface area contributed by atoms with Crippen LogP contribution in [0.2, 0.25) is 0 Å². The van der Waals surface area contributed by atoms with E-state index < -0.39 is 19.2 Å². The average molecular weight is 519 g/mol. The van der Waals surface area contributed by atoms with Crippen molar-refractivity contribution in [1.29, 1.82) is 0 Å². The van der Waals surface area contributed by atoms with Crippen LogP contribution in [0, 0.1) is 0 Å². The Balaban J connectivity index is 1.74. The van der Waals surface area contributed by atoms with E-state index in [4.69, 9.17) is 0 Å². The third-order valence-electron chi connectivity index (χ3n) is 7.67. The molecule has 5 aromatic carbocycles. The van der Waals surface area contributed by atoms with Crippen molar-refractivity contribution in [1.82, 2.24) is 0 Å². The first kappa shape index (κ1) is 23.9. The summed E-state index contributed by atoms with van der Waals surface area (Å²) in [4.78, 5) is -0.993. The van der Waals surface area contributed by atoms with Gasteiger partial charge in [-0.25, -0.2) is 0 Å². The van der Waals surface area contributed by atoms with Crippen molar-refractivity contribution >= 4 is 35.5 Å². The molecule has 0 aliphatic heterocycles. The van der Waals surface area contributed by atoms with Gasteiger partial charge in [-0.2, -0.15) is 0 Å². The van der Waals surface area contributed by atoms with Gasteiger partial charge in [0, 0.05) is 27.1 Å². The summed E-state index contributed by atoms with van der Waals surface area (Å²) in [5.41, 5.74) is 1.08. The Morgan fingerprint density at radius 1 is 0.432 bits per heavy atom. The average Bonchev–Trinajstić information content (AvgIpc) is 3.77. The maximum atomic E-state index is 16.1. The van der Waals surface area contributed by atoms with Gasteiger partial charge in [0.15, 0.2) is 14.3 Å². The molecule has 37 heavy (non-hydrogen) atoms. The van der Waals surface area contributed by atoms with E-state index in [2.05, 4.69) is 12.1 Å². The molecule has 1 fully saturated rings. The fourth-order valence-corrected chi connectivity index (χ4v) is 15.7. The lowest BCUT2D eigenvalue weighted by atomic mass is 10.1. The van der Waals surface area contributed by atoms with Crippen LogP contribution in [0.3, 0.4) is 0 Å². The Kier molecular flexibility index (Phi) is 6.12. The van der Waals surface area contributed by atoms with E-state index in [1.807, 2.05) is 140 Å². The smallest absolute Gasteiger partial charge is 0.157 e. The summed E-state index contributed by atoms with van der Waals surface area (Å²) in [6.07, 6.45) is 0.582. The summed E-state index contributed by atoms with van der Waals surface area (Å²) in [5, 5.41) is 3.02. The molecule has 0 amide bonds. The minimum absolute atomic E-state index is 0.119. The minimum Gasteiger partial charge on any atom is -0.313 e. The first-order valence-corrected chi connectivity index (χ1v) is 16.0. The highest BCUT2D eigenvalue weighted by molar-refractivity contribution is 7.97. The zero-order valence-corrected chi connectivity index (χ0v) is 22.2. The summed E-state index contributed by atoms with van der Waals surface area (Å²) in [7, 11) is -6.91. The van der Waals surface area contributed by atoms with Gasteiger partial charge in [0.1, 0.15) is 0 Å². The van der Waals surface area contributed by atoms with Crippen LogP contribution in [0.25, 0.3) is 0 Å². The second-order valence-electron chi connectivity index (χ2n) is 9.61. The Bertz CT molecular complexity index is 1400. The van der Waals surface area contributed by atoms with Gasteiger partial charge in [0.2, 0.25) is 0 Å². The third kappa shape index (κ3) is 3.63. The van der Waals surface area contributed by atoms with E-state index in [9.17, 15) is 0 Å². The maximum Gasteiger partial charge on any atom is 0.157 e. The zero-order chi connectivity index (χ0) is 25.3. The molecular weight excluding hydrogens is 490 g/mol. The highest BCUT2D eigenvalue weighted by Gasteiger charge is 2.75. The number of hydrogen-bond donors (Lipinski definition) is 0. The van der Waals surface area contributed by atoms with E-state index in [0.29, 0.717) is 6.42 Å². The van der Waals surface area contributed by atoms with Crippen LogP contribution < -0.4 is 21.2 Å². The molecule has 0 saturated heterocycles. The summed E-state index contributed by atoms with van der Waals surface area (Å²) in [6, 6.07) is 49.1. The van der Waals surface area contributed by atoms with Crippen molar-refractivity contribution in [3.05, 3.63) is 157 Å². The van der Waals surface area contributed by atoms with Gasteiger partial charge in [-0.15, -0.1) is 0 Å². The molecule has 0 heterocycles. The van der Waals surface area contributed by atoms with Crippen LogP contribution in [-0.2, 0) is 9.13 Å². The van der Waals surface area contributed by atoms with Crippen molar-refractivity contribution in [3.63, 3.8) is 0 Å². The number of rotatable bonds is 7. The molecule has 0 bridgehead atoms. The third-order valence-corrected chi connectivity index (χ3v) is 16.6. The van der Waals surface area contributed by atoms with Crippen molar-refractivity contribution in [2.45, 2.75) is 17.2 Å². The SMILES string of the molecule is O=P(c1ccccc1)(c1ccccc1)C1(P(=O)(c2ccccc2)c2ccccc2)CC1c1ccccc1. The van der Waals surface area contributed by atoms with Crippen molar-refractivity contribution in [2.75, 3.05) is 0 Å². The van der Waals surface area contributed by atoms with Crippen molar-refractivity contribution in [3.8, 4) is 0 Å². The topological polar surface area (TPSA) is 34.1 Å². The Morgan fingerprint density at radius 2 is 0.703 bits per heavy atom. The molecule has 0 radical (unpaired) electrons. The molecule has 1 atom stereocenters. The van der Waals surface area contributed by atoms with Gasteiger partial charge in [-0.1, -0.05) is 152 Å². The maximum absolute atomic E-state index is 16.1. The molecule has 4 heteroatoms. The summed E-state index contributed by atoms with van der Waals surface area (Å²) in [6.45, 7) is 0. The Labute approximate surface area is 218 Å². The molecule has 2 nitrogen and oxygen atoms in total. The van der Waals surface area contributed by atoms with Gasteiger partial charge in [0.25, 0.3) is 0 Å². The summed E-state index contributed by atoms with van der Waals surface area (Å²) in [5.74, 6) is -0.119. The highest BCUT2D eigenvalue weighted by atomic mass is 31.2. The highest BCUT2D eigenvalue weighted by Crippen LogP contribution is 2.88. The molecule has 1 aliphatic rings. The van der Waals surface area contributed by atoms with Gasteiger partial charge in [-0.3, -0.25) is 0 Å². The van der Waals surface area contributed by atoms with E-state index in [0.717, 1.165) is 26.8 Å². The van der Waals surface area contributed by atoms with E-state index >= 15 is 9.13 Å². The van der Waals surface area contributed by atoms with Crippen molar-refractivity contribution < 1.29 is 9.13 Å². The fraction of sp³-hybridized carbons (Fsp3) is 0.0909. The largest absolute Gasteiger partial charge is 0.313 e. The second-order valence-corrected chi connectivity index (χ2v) is 16.1. The second kappa shape index (κ2) is 9.46. The predicted molar refractivity (Wildman–Crippen MR) is 156 cm³/mol. The van der Waals surface area contributed by atoms with Crippen LogP contribution in [0.4, 0.5) is 0 Å². The molecule has 0 aromatic heterocycles. The molecule has 5 aromatic rings.